The molecule has 0 amide bonds. The number of pyridine rings is 2. The van der Waals surface area contributed by atoms with Gasteiger partial charge in [-0.2, -0.15) is 0 Å². The van der Waals surface area contributed by atoms with Gasteiger partial charge >= 0.3 is 0 Å². The third-order valence-corrected chi connectivity index (χ3v) is 4.73. The maximum atomic E-state index is 12.8. The van der Waals surface area contributed by atoms with E-state index in [9.17, 15) is 4.79 Å². The number of hydrogen-bond acceptors (Lipinski definition) is 5. The summed E-state index contributed by atoms with van der Waals surface area (Å²) in [7, 11) is 0. The van der Waals surface area contributed by atoms with E-state index in [2.05, 4.69) is 53.0 Å². The fraction of sp³-hybridized carbons (Fsp3) is 0.261. The first-order chi connectivity index (χ1) is 13.6. The summed E-state index contributed by atoms with van der Waals surface area (Å²) >= 11 is 0. The third kappa shape index (κ3) is 4.55. The van der Waals surface area contributed by atoms with E-state index in [4.69, 9.17) is 5.73 Å². The minimum absolute atomic E-state index is 0.208. The summed E-state index contributed by atoms with van der Waals surface area (Å²) in [6.45, 7) is 6.06. The Balaban J connectivity index is 1.85. The number of rotatable bonds is 8. The van der Waals surface area contributed by atoms with E-state index in [1.54, 1.807) is 24.4 Å². The van der Waals surface area contributed by atoms with Gasteiger partial charge in [-0.25, -0.2) is 9.97 Å². The van der Waals surface area contributed by atoms with Gasteiger partial charge in [0.15, 0.2) is 0 Å². The first kappa shape index (κ1) is 19.5. The third-order valence-electron chi connectivity index (χ3n) is 4.73. The van der Waals surface area contributed by atoms with Crippen LogP contribution in [0.15, 0.2) is 66.9 Å². The summed E-state index contributed by atoms with van der Waals surface area (Å²) in [6.07, 6.45) is 2.57. The Morgan fingerprint density at radius 1 is 1.07 bits per heavy atom. The lowest BCUT2D eigenvalue weighted by Gasteiger charge is -2.27. The predicted octanol–water partition coefficient (Wildman–Crippen LogP) is 4.31. The van der Waals surface area contributed by atoms with Crippen LogP contribution in [-0.4, -0.2) is 28.8 Å². The number of hydrogen-bond donors (Lipinski definition) is 1. The first-order valence-corrected chi connectivity index (χ1v) is 9.62. The fourth-order valence-corrected chi connectivity index (χ4v) is 3.26. The normalized spacial score (nSPS) is 11.8. The van der Waals surface area contributed by atoms with Crippen LogP contribution in [0.2, 0.25) is 0 Å². The molecule has 0 aliphatic rings. The first-order valence-electron chi connectivity index (χ1n) is 9.62. The average Bonchev–Trinajstić information content (AvgIpc) is 2.74. The van der Waals surface area contributed by atoms with Crippen molar-refractivity contribution in [1.82, 2.24) is 9.97 Å². The number of benzene rings is 1. The number of nitrogens with zero attached hydrogens (tertiary/aromatic N) is 3. The largest absolute Gasteiger partial charge is 0.383 e. The summed E-state index contributed by atoms with van der Waals surface area (Å²) in [5, 5.41) is 0. The zero-order valence-electron chi connectivity index (χ0n) is 16.4. The molecule has 2 aromatic heterocycles. The zero-order chi connectivity index (χ0) is 19.9. The van der Waals surface area contributed by atoms with Crippen molar-refractivity contribution in [2.45, 2.75) is 26.2 Å². The van der Waals surface area contributed by atoms with Crippen molar-refractivity contribution >= 4 is 17.4 Å². The topological polar surface area (TPSA) is 72.1 Å². The summed E-state index contributed by atoms with van der Waals surface area (Å²) in [4.78, 5) is 23.7. The molecule has 1 atom stereocenters. The molecule has 2 N–H and O–H groups in total. The molecule has 5 heteroatoms. The van der Waals surface area contributed by atoms with Gasteiger partial charge < -0.3 is 10.6 Å². The Morgan fingerprint density at radius 3 is 2.57 bits per heavy atom. The highest BCUT2D eigenvalue weighted by molar-refractivity contribution is 6.10. The fourth-order valence-electron chi connectivity index (χ4n) is 3.26. The number of ketones is 1. The number of anilines is 2. The van der Waals surface area contributed by atoms with E-state index in [0.717, 1.165) is 25.3 Å². The minimum Gasteiger partial charge on any atom is -0.383 e. The van der Waals surface area contributed by atoms with Crippen LogP contribution >= 0.6 is 0 Å². The molecule has 2 heterocycles. The average molecular weight is 374 g/mol. The van der Waals surface area contributed by atoms with Gasteiger partial charge in [-0.3, -0.25) is 4.79 Å². The van der Waals surface area contributed by atoms with Gasteiger partial charge in [0.25, 0.3) is 0 Å². The molecule has 1 aromatic carbocycles. The van der Waals surface area contributed by atoms with Gasteiger partial charge in [0.2, 0.25) is 5.78 Å². The molecule has 0 bridgehead atoms. The van der Waals surface area contributed by atoms with Gasteiger partial charge in [0, 0.05) is 19.3 Å². The van der Waals surface area contributed by atoms with E-state index in [-0.39, 0.29) is 11.6 Å². The van der Waals surface area contributed by atoms with Crippen LogP contribution in [0.5, 0.6) is 0 Å². The standard InChI is InChI=1S/C23H26N4O/c1-3-15-27(16-17(2)18-9-5-4-6-10-18)21-13-7-12-20(26-21)22(28)19-11-8-14-25-23(19)24/h4-14,17H,3,15-16H2,1-2H3,(H2,24,25). The molecule has 0 fully saturated rings. The van der Waals surface area contributed by atoms with Crippen molar-refractivity contribution in [2.75, 3.05) is 23.7 Å². The maximum absolute atomic E-state index is 12.8. The summed E-state index contributed by atoms with van der Waals surface area (Å²) in [5.74, 6) is 1.17. The molecule has 144 valence electrons. The Morgan fingerprint density at radius 2 is 1.86 bits per heavy atom. The Hall–Kier alpha value is -3.21. The highest BCUT2D eigenvalue weighted by Gasteiger charge is 2.18. The minimum atomic E-state index is -0.208. The lowest BCUT2D eigenvalue weighted by Crippen LogP contribution is -2.29. The van der Waals surface area contributed by atoms with Crippen molar-refractivity contribution in [3.05, 3.63) is 83.7 Å². The maximum Gasteiger partial charge on any atom is 0.215 e. The van der Waals surface area contributed by atoms with E-state index >= 15 is 0 Å². The van der Waals surface area contributed by atoms with E-state index in [1.807, 2.05) is 18.2 Å². The van der Waals surface area contributed by atoms with Gasteiger partial charge in [0.1, 0.15) is 17.3 Å². The quantitative estimate of drug-likeness (QED) is 0.595. The van der Waals surface area contributed by atoms with Crippen molar-refractivity contribution < 1.29 is 4.79 Å². The second-order valence-corrected chi connectivity index (χ2v) is 6.90. The van der Waals surface area contributed by atoms with Gasteiger partial charge in [0.05, 0.1) is 5.56 Å². The molecule has 1 unspecified atom stereocenters. The van der Waals surface area contributed by atoms with Crippen LogP contribution in [0, 0.1) is 0 Å². The summed E-state index contributed by atoms with van der Waals surface area (Å²) in [5.41, 5.74) is 7.92. The van der Waals surface area contributed by atoms with Crippen LogP contribution in [0.3, 0.4) is 0 Å². The molecule has 0 radical (unpaired) electrons. The Kier molecular flexibility index (Phi) is 6.37. The van der Waals surface area contributed by atoms with Crippen molar-refractivity contribution in [3.63, 3.8) is 0 Å². The highest BCUT2D eigenvalue weighted by Crippen LogP contribution is 2.21. The molecule has 3 aromatic rings. The van der Waals surface area contributed by atoms with Gasteiger partial charge in [-0.05, 0) is 42.2 Å². The highest BCUT2D eigenvalue weighted by atomic mass is 16.1. The number of nitrogen functional groups attached to an aromatic ring is 1. The van der Waals surface area contributed by atoms with Crippen molar-refractivity contribution in [2.24, 2.45) is 0 Å². The second-order valence-electron chi connectivity index (χ2n) is 6.90. The Bertz CT molecular complexity index is 927. The summed E-state index contributed by atoms with van der Waals surface area (Å²) < 4.78 is 0. The molecule has 0 saturated carbocycles. The monoisotopic (exact) mass is 374 g/mol. The van der Waals surface area contributed by atoms with Crippen LogP contribution in [-0.2, 0) is 0 Å². The van der Waals surface area contributed by atoms with Crippen molar-refractivity contribution in [1.29, 1.82) is 0 Å². The molecular weight excluding hydrogens is 348 g/mol. The summed E-state index contributed by atoms with van der Waals surface area (Å²) in [6, 6.07) is 19.4. The second kappa shape index (κ2) is 9.13. The molecule has 0 aliphatic carbocycles. The zero-order valence-corrected chi connectivity index (χ0v) is 16.4. The number of carbonyl (C=O) groups excluding carboxylic acids is 1. The Labute approximate surface area is 166 Å². The van der Waals surface area contributed by atoms with Crippen LogP contribution < -0.4 is 10.6 Å². The number of aromatic nitrogens is 2. The smallest absolute Gasteiger partial charge is 0.215 e. The van der Waals surface area contributed by atoms with E-state index in [1.165, 1.54) is 5.56 Å². The van der Waals surface area contributed by atoms with Crippen molar-refractivity contribution in [3.8, 4) is 0 Å². The molecule has 0 spiro atoms. The molecule has 28 heavy (non-hydrogen) atoms. The lowest BCUT2D eigenvalue weighted by molar-refractivity contribution is 0.103. The van der Waals surface area contributed by atoms with Crippen LogP contribution in [0.1, 0.15) is 47.8 Å². The van der Waals surface area contributed by atoms with Gasteiger partial charge in [-0.1, -0.05) is 50.2 Å². The lowest BCUT2D eigenvalue weighted by atomic mass is 10.0. The van der Waals surface area contributed by atoms with Gasteiger partial charge in [-0.15, -0.1) is 0 Å². The molecule has 5 nitrogen and oxygen atoms in total. The van der Waals surface area contributed by atoms with Crippen LogP contribution in [0.25, 0.3) is 0 Å². The van der Waals surface area contributed by atoms with E-state index < -0.39 is 0 Å². The van der Waals surface area contributed by atoms with E-state index in [0.29, 0.717) is 17.2 Å². The number of nitrogens with two attached hydrogens (primary N) is 1. The molecule has 0 aliphatic heterocycles. The molecule has 0 saturated heterocycles. The molecule has 3 rings (SSSR count). The SMILES string of the molecule is CCCN(CC(C)c1ccccc1)c1cccc(C(=O)c2cccnc2N)n1. The molecular formula is C23H26N4O. The van der Waals surface area contributed by atoms with Crippen LogP contribution in [0.4, 0.5) is 11.6 Å². The predicted molar refractivity (Wildman–Crippen MR) is 114 cm³/mol. The number of carbonyl (C=O) groups is 1.